The fourth-order valence-electron chi connectivity index (χ4n) is 2.84. The van der Waals surface area contributed by atoms with Crippen LogP contribution in [0.1, 0.15) is 11.1 Å². The van der Waals surface area contributed by atoms with Crippen LogP contribution in [0.5, 0.6) is 0 Å². The zero-order valence-electron chi connectivity index (χ0n) is 15.1. The van der Waals surface area contributed by atoms with Crippen LogP contribution in [0.4, 0.5) is 8.78 Å². The van der Waals surface area contributed by atoms with E-state index in [0.29, 0.717) is 22.3 Å². The Balaban J connectivity index is 1.73. The van der Waals surface area contributed by atoms with Gasteiger partial charge >= 0.3 is 0 Å². The van der Waals surface area contributed by atoms with E-state index in [2.05, 4.69) is 16.3 Å². The van der Waals surface area contributed by atoms with Crippen LogP contribution >= 0.6 is 11.8 Å². The van der Waals surface area contributed by atoms with Crippen molar-refractivity contribution in [2.45, 2.75) is 10.9 Å². The van der Waals surface area contributed by atoms with Gasteiger partial charge in [-0.2, -0.15) is 5.26 Å². The minimum atomic E-state index is -0.692. The van der Waals surface area contributed by atoms with E-state index in [9.17, 15) is 8.78 Å². The standard InChI is InChI=1S/C22H14F2N4S/c23-18-10-11-20(19(24)12-18)28-21(17-4-2-1-3-5-17)26-27-22(28)29-14-16-8-6-15(13-25)7-9-16/h1-12H,14H2. The van der Waals surface area contributed by atoms with Gasteiger partial charge in [-0.15, -0.1) is 10.2 Å². The molecule has 4 nitrogen and oxygen atoms in total. The van der Waals surface area contributed by atoms with Crippen molar-refractivity contribution in [3.63, 3.8) is 0 Å². The summed E-state index contributed by atoms with van der Waals surface area (Å²) < 4.78 is 29.6. The molecule has 0 saturated heterocycles. The van der Waals surface area contributed by atoms with Crippen molar-refractivity contribution in [1.82, 2.24) is 14.8 Å². The van der Waals surface area contributed by atoms with E-state index >= 15 is 0 Å². The zero-order valence-corrected chi connectivity index (χ0v) is 15.9. The van der Waals surface area contributed by atoms with E-state index in [-0.39, 0.29) is 5.69 Å². The molecule has 0 aliphatic carbocycles. The fraction of sp³-hybridized carbons (Fsp3) is 0.0455. The summed E-state index contributed by atoms with van der Waals surface area (Å²) in [6.45, 7) is 0. The Kier molecular flexibility index (Phi) is 5.36. The molecule has 3 aromatic carbocycles. The molecule has 1 heterocycles. The third kappa shape index (κ3) is 4.03. The lowest BCUT2D eigenvalue weighted by Crippen LogP contribution is -2.03. The summed E-state index contributed by atoms with van der Waals surface area (Å²) in [5, 5.41) is 17.9. The fourth-order valence-corrected chi connectivity index (χ4v) is 3.74. The Hall–Kier alpha value is -3.50. The van der Waals surface area contributed by atoms with E-state index in [0.717, 1.165) is 17.2 Å². The molecule has 0 bridgehead atoms. The number of thioether (sulfide) groups is 1. The van der Waals surface area contributed by atoms with Gasteiger partial charge in [-0.1, -0.05) is 54.2 Å². The van der Waals surface area contributed by atoms with Gasteiger partial charge in [-0.25, -0.2) is 8.78 Å². The van der Waals surface area contributed by atoms with Crippen LogP contribution in [0, 0.1) is 23.0 Å². The second-order valence-electron chi connectivity index (χ2n) is 6.20. The molecule has 0 saturated carbocycles. The average Bonchev–Trinajstić information content (AvgIpc) is 3.17. The summed E-state index contributed by atoms with van der Waals surface area (Å²) in [5.74, 6) is -0.311. The Morgan fingerprint density at radius 1 is 0.931 bits per heavy atom. The lowest BCUT2D eigenvalue weighted by molar-refractivity contribution is 0.575. The number of halogens is 2. The second-order valence-corrected chi connectivity index (χ2v) is 7.14. The number of rotatable bonds is 5. The van der Waals surface area contributed by atoms with E-state index in [1.165, 1.54) is 23.9 Å². The van der Waals surface area contributed by atoms with Crippen molar-refractivity contribution < 1.29 is 8.78 Å². The van der Waals surface area contributed by atoms with Gasteiger partial charge in [0.25, 0.3) is 0 Å². The Labute approximate surface area is 170 Å². The lowest BCUT2D eigenvalue weighted by Gasteiger charge is -2.11. The zero-order chi connectivity index (χ0) is 20.2. The van der Waals surface area contributed by atoms with Crippen LogP contribution in [-0.4, -0.2) is 14.8 Å². The molecule has 0 radical (unpaired) electrons. The number of hydrogen-bond acceptors (Lipinski definition) is 4. The molecule has 0 aliphatic heterocycles. The summed E-state index contributed by atoms with van der Waals surface area (Å²) in [4.78, 5) is 0. The van der Waals surface area contributed by atoms with Gasteiger partial charge in [0, 0.05) is 17.4 Å². The SMILES string of the molecule is N#Cc1ccc(CSc2nnc(-c3ccccc3)n2-c2ccc(F)cc2F)cc1. The molecular formula is C22H14F2N4S. The summed E-state index contributed by atoms with van der Waals surface area (Å²) in [7, 11) is 0. The van der Waals surface area contributed by atoms with Crippen LogP contribution in [0.3, 0.4) is 0 Å². The first-order valence-electron chi connectivity index (χ1n) is 8.74. The lowest BCUT2D eigenvalue weighted by atomic mass is 10.2. The summed E-state index contributed by atoms with van der Waals surface area (Å²) in [5.41, 5.74) is 2.53. The van der Waals surface area contributed by atoms with Gasteiger partial charge in [0.2, 0.25) is 0 Å². The highest BCUT2D eigenvalue weighted by Crippen LogP contribution is 2.31. The van der Waals surface area contributed by atoms with Crippen LogP contribution in [-0.2, 0) is 5.75 Å². The number of hydrogen-bond donors (Lipinski definition) is 0. The second kappa shape index (κ2) is 8.25. The van der Waals surface area contributed by atoms with Gasteiger partial charge in [0.05, 0.1) is 17.3 Å². The molecule has 0 aliphatic rings. The first-order chi connectivity index (χ1) is 14.2. The quantitative estimate of drug-likeness (QED) is 0.419. The van der Waals surface area contributed by atoms with Crippen LogP contribution in [0.15, 0.2) is 78.0 Å². The Morgan fingerprint density at radius 2 is 1.69 bits per heavy atom. The molecule has 4 rings (SSSR count). The molecule has 0 spiro atoms. The number of nitriles is 1. The maximum Gasteiger partial charge on any atom is 0.196 e. The third-order valence-electron chi connectivity index (χ3n) is 4.27. The maximum atomic E-state index is 14.6. The topological polar surface area (TPSA) is 54.5 Å². The van der Waals surface area contributed by atoms with Gasteiger partial charge in [-0.3, -0.25) is 4.57 Å². The molecule has 142 valence electrons. The van der Waals surface area contributed by atoms with Crippen molar-refractivity contribution in [3.8, 4) is 23.1 Å². The number of aromatic nitrogens is 3. The molecule has 0 atom stereocenters. The van der Waals surface area contributed by atoms with Crippen molar-refractivity contribution in [1.29, 1.82) is 5.26 Å². The largest absolute Gasteiger partial charge is 0.267 e. The molecule has 7 heteroatoms. The third-order valence-corrected chi connectivity index (χ3v) is 5.27. The van der Waals surface area contributed by atoms with Crippen molar-refractivity contribution in [3.05, 3.63) is 95.6 Å². The van der Waals surface area contributed by atoms with Gasteiger partial charge in [0.15, 0.2) is 11.0 Å². The predicted molar refractivity (Wildman–Crippen MR) is 107 cm³/mol. The van der Waals surface area contributed by atoms with Crippen molar-refractivity contribution >= 4 is 11.8 Å². The molecule has 0 unspecified atom stereocenters. The van der Waals surface area contributed by atoms with Crippen molar-refractivity contribution in [2.24, 2.45) is 0 Å². The van der Waals surface area contributed by atoms with E-state index in [4.69, 9.17) is 5.26 Å². The summed E-state index contributed by atoms with van der Waals surface area (Å²) in [6, 6.07) is 22.1. The first kappa shape index (κ1) is 18.8. The van der Waals surface area contributed by atoms with E-state index in [1.54, 1.807) is 16.7 Å². The maximum absolute atomic E-state index is 14.6. The number of nitrogens with zero attached hydrogens (tertiary/aromatic N) is 4. The summed E-state index contributed by atoms with van der Waals surface area (Å²) >= 11 is 1.38. The Bertz CT molecular complexity index is 1180. The van der Waals surface area contributed by atoms with Gasteiger partial charge < -0.3 is 0 Å². The molecule has 0 amide bonds. The highest BCUT2D eigenvalue weighted by atomic mass is 32.2. The first-order valence-corrected chi connectivity index (χ1v) is 9.72. The number of benzene rings is 3. The molecule has 0 fully saturated rings. The smallest absolute Gasteiger partial charge is 0.196 e. The monoisotopic (exact) mass is 404 g/mol. The van der Waals surface area contributed by atoms with Gasteiger partial charge in [-0.05, 0) is 29.8 Å². The van der Waals surface area contributed by atoms with Crippen LogP contribution in [0.2, 0.25) is 0 Å². The molecule has 1 aromatic heterocycles. The molecule has 4 aromatic rings. The van der Waals surface area contributed by atoms with Crippen LogP contribution in [0.25, 0.3) is 17.1 Å². The minimum absolute atomic E-state index is 0.178. The highest BCUT2D eigenvalue weighted by molar-refractivity contribution is 7.98. The van der Waals surface area contributed by atoms with E-state index < -0.39 is 11.6 Å². The molecule has 29 heavy (non-hydrogen) atoms. The predicted octanol–water partition coefficient (Wildman–Crippen LogP) is 5.38. The molecule has 0 N–H and O–H groups in total. The normalized spacial score (nSPS) is 10.7. The minimum Gasteiger partial charge on any atom is -0.267 e. The van der Waals surface area contributed by atoms with E-state index in [1.807, 2.05) is 42.5 Å². The Morgan fingerprint density at radius 3 is 2.38 bits per heavy atom. The van der Waals surface area contributed by atoms with Gasteiger partial charge in [0.1, 0.15) is 11.6 Å². The average molecular weight is 404 g/mol. The molecular weight excluding hydrogens is 390 g/mol. The summed E-state index contributed by atoms with van der Waals surface area (Å²) in [6.07, 6.45) is 0. The van der Waals surface area contributed by atoms with Crippen LogP contribution < -0.4 is 0 Å². The van der Waals surface area contributed by atoms with Crippen molar-refractivity contribution in [2.75, 3.05) is 0 Å². The highest BCUT2D eigenvalue weighted by Gasteiger charge is 2.19.